The van der Waals surface area contributed by atoms with E-state index in [0.717, 1.165) is 36.4 Å². The maximum absolute atomic E-state index is 12.4. The molecule has 1 atom stereocenters. The number of hydrogen-bond donors (Lipinski definition) is 2. The molecular weight excluding hydrogens is 319 g/mol. The van der Waals surface area contributed by atoms with Gasteiger partial charge in [0.15, 0.2) is 0 Å². The van der Waals surface area contributed by atoms with E-state index in [1.54, 1.807) is 6.07 Å². The van der Waals surface area contributed by atoms with Gasteiger partial charge in [-0.25, -0.2) is 0 Å². The number of quaternary nitrogens is 1. The van der Waals surface area contributed by atoms with E-state index in [-0.39, 0.29) is 5.91 Å². The summed E-state index contributed by atoms with van der Waals surface area (Å²) in [6, 6.07) is 7.39. The molecule has 0 radical (unpaired) electrons. The quantitative estimate of drug-likeness (QED) is 0.814. The third-order valence-electron chi connectivity index (χ3n) is 3.65. The number of aryl methyl sites for hydroxylation is 1. The van der Waals surface area contributed by atoms with Gasteiger partial charge >= 0.3 is 0 Å². The summed E-state index contributed by atoms with van der Waals surface area (Å²) < 4.78 is -1.52. The van der Waals surface area contributed by atoms with Crippen LogP contribution in [0, 0.1) is 6.92 Å². The Hall–Kier alpha value is -0.480. The number of carbonyl (C=O) groups is 1. The Morgan fingerprint density at radius 1 is 1.25 bits per heavy atom. The molecule has 2 N–H and O–H groups in total. The van der Waals surface area contributed by atoms with Gasteiger partial charge in [0.2, 0.25) is 6.17 Å². The first kappa shape index (κ1) is 15.9. The van der Waals surface area contributed by atoms with Gasteiger partial charge in [0.25, 0.3) is 9.70 Å². The molecule has 1 amide bonds. The summed E-state index contributed by atoms with van der Waals surface area (Å²) in [5, 5.41) is 2.88. The number of rotatable bonds is 3. The molecule has 2 rings (SSSR count). The van der Waals surface area contributed by atoms with Crippen molar-refractivity contribution in [3.8, 4) is 0 Å². The van der Waals surface area contributed by atoms with Gasteiger partial charge in [-0.1, -0.05) is 53.0 Å². The predicted molar refractivity (Wildman–Crippen MR) is 82.7 cm³/mol. The van der Waals surface area contributed by atoms with Crippen molar-refractivity contribution in [3.63, 3.8) is 0 Å². The molecule has 0 spiro atoms. The van der Waals surface area contributed by atoms with Crippen LogP contribution < -0.4 is 10.2 Å². The Morgan fingerprint density at radius 2 is 1.85 bits per heavy atom. The molecule has 0 aromatic heterocycles. The zero-order valence-electron chi connectivity index (χ0n) is 11.3. The van der Waals surface area contributed by atoms with Gasteiger partial charge in [0.1, 0.15) is 0 Å². The Morgan fingerprint density at radius 3 is 2.40 bits per heavy atom. The largest absolute Gasteiger partial charge is 0.312 e. The second-order valence-electron chi connectivity index (χ2n) is 5.13. The monoisotopic (exact) mass is 335 g/mol. The lowest BCUT2D eigenvalue weighted by Crippen LogP contribution is -3.17. The zero-order valence-corrected chi connectivity index (χ0v) is 13.5. The second-order valence-corrected chi connectivity index (χ2v) is 7.50. The van der Waals surface area contributed by atoms with Crippen LogP contribution in [0.4, 0.5) is 0 Å². The highest BCUT2D eigenvalue weighted by atomic mass is 35.6. The fourth-order valence-electron chi connectivity index (χ4n) is 2.57. The van der Waals surface area contributed by atoms with Crippen molar-refractivity contribution in [2.24, 2.45) is 0 Å². The Labute approximate surface area is 134 Å². The van der Waals surface area contributed by atoms with Gasteiger partial charge in [-0.3, -0.25) is 10.1 Å². The lowest BCUT2D eigenvalue weighted by molar-refractivity contribution is -0.915. The van der Waals surface area contributed by atoms with Crippen LogP contribution in [-0.2, 0) is 0 Å². The van der Waals surface area contributed by atoms with Crippen molar-refractivity contribution in [2.45, 2.75) is 29.7 Å². The first-order valence-corrected chi connectivity index (χ1v) is 7.81. The molecular formula is C14H18Cl3N2O+. The van der Waals surface area contributed by atoms with Gasteiger partial charge in [0, 0.05) is 18.4 Å². The van der Waals surface area contributed by atoms with Crippen LogP contribution in [0.15, 0.2) is 24.3 Å². The Kier molecular flexibility index (Phi) is 5.19. The van der Waals surface area contributed by atoms with E-state index < -0.39 is 9.96 Å². The lowest BCUT2D eigenvalue weighted by atomic mass is 10.1. The van der Waals surface area contributed by atoms with E-state index in [2.05, 4.69) is 5.32 Å². The average molecular weight is 337 g/mol. The molecule has 1 heterocycles. The normalized spacial score (nSPS) is 18.0. The van der Waals surface area contributed by atoms with Crippen LogP contribution in [0.1, 0.15) is 28.8 Å². The maximum atomic E-state index is 12.4. The zero-order chi connectivity index (χ0) is 14.8. The molecule has 3 nitrogen and oxygen atoms in total. The van der Waals surface area contributed by atoms with E-state index in [1.165, 1.54) is 0 Å². The van der Waals surface area contributed by atoms with Crippen molar-refractivity contribution in [2.75, 3.05) is 13.1 Å². The maximum Gasteiger partial charge on any atom is 0.262 e. The minimum absolute atomic E-state index is 0.196. The number of nitrogens with one attached hydrogen (secondary N) is 2. The minimum Gasteiger partial charge on any atom is -0.312 e. The third-order valence-corrected chi connectivity index (χ3v) is 4.30. The molecule has 1 aliphatic rings. The van der Waals surface area contributed by atoms with Crippen LogP contribution in [0.2, 0.25) is 0 Å². The highest BCUT2D eigenvalue weighted by molar-refractivity contribution is 6.68. The van der Waals surface area contributed by atoms with Crippen molar-refractivity contribution in [3.05, 3.63) is 35.4 Å². The lowest BCUT2D eigenvalue weighted by Gasteiger charge is -2.30. The summed E-state index contributed by atoms with van der Waals surface area (Å²) >= 11 is 18.1. The van der Waals surface area contributed by atoms with E-state index in [1.807, 2.05) is 25.1 Å². The van der Waals surface area contributed by atoms with Crippen molar-refractivity contribution in [1.29, 1.82) is 0 Å². The summed E-state index contributed by atoms with van der Waals surface area (Å²) in [5.41, 5.74) is 1.52. The Balaban J connectivity index is 2.16. The van der Waals surface area contributed by atoms with Crippen LogP contribution in [0.3, 0.4) is 0 Å². The van der Waals surface area contributed by atoms with E-state index in [4.69, 9.17) is 34.8 Å². The number of likely N-dealkylation sites (tertiary alicyclic amines) is 1. The summed E-state index contributed by atoms with van der Waals surface area (Å²) in [7, 11) is 0. The van der Waals surface area contributed by atoms with Crippen LogP contribution in [0.5, 0.6) is 0 Å². The molecule has 1 aliphatic heterocycles. The topological polar surface area (TPSA) is 33.5 Å². The van der Waals surface area contributed by atoms with Crippen molar-refractivity contribution < 1.29 is 9.69 Å². The molecule has 0 saturated carbocycles. The predicted octanol–water partition coefficient (Wildman–Crippen LogP) is 2.10. The van der Waals surface area contributed by atoms with Gasteiger partial charge in [0.05, 0.1) is 13.1 Å². The summed E-state index contributed by atoms with van der Waals surface area (Å²) in [5.74, 6) is -0.196. The van der Waals surface area contributed by atoms with Crippen LogP contribution in [-0.4, -0.2) is 29.0 Å². The molecule has 1 fully saturated rings. The first-order valence-electron chi connectivity index (χ1n) is 6.67. The molecule has 20 heavy (non-hydrogen) atoms. The summed E-state index contributed by atoms with van der Waals surface area (Å²) in [6.07, 6.45) is 1.65. The smallest absolute Gasteiger partial charge is 0.262 e. The van der Waals surface area contributed by atoms with Crippen LogP contribution >= 0.6 is 34.8 Å². The fraction of sp³-hybridized carbons (Fsp3) is 0.500. The fourth-order valence-corrected chi connectivity index (χ4v) is 3.20. The van der Waals surface area contributed by atoms with Gasteiger partial charge < -0.3 is 4.90 Å². The van der Waals surface area contributed by atoms with E-state index in [9.17, 15) is 4.79 Å². The van der Waals surface area contributed by atoms with Gasteiger partial charge in [-0.05, 0) is 18.6 Å². The van der Waals surface area contributed by atoms with E-state index in [0.29, 0.717) is 5.56 Å². The number of benzene rings is 1. The molecule has 1 saturated heterocycles. The van der Waals surface area contributed by atoms with Crippen molar-refractivity contribution >= 4 is 40.7 Å². The number of hydrogen-bond acceptors (Lipinski definition) is 1. The molecule has 0 bridgehead atoms. The molecule has 6 heteroatoms. The van der Waals surface area contributed by atoms with Crippen molar-refractivity contribution in [1.82, 2.24) is 5.32 Å². The number of alkyl halides is 3. The number of amides is 1. The highest BCUT2D eigenvalue weighted by Crippen LogP contribution is 2.28. The molecule has 1 aromatic carbocycles. The van der Waals surface area contributed by atoms with E-state index >= 15 is 0 Å². The first-order chi connectivity index (χ1) is 9.39. The molecule has 0 aliphatic carbocycles. The van der Waals surface area contributed by atoms with Crippen LogP contribution in [0.25, 0.3) is 0 Å². The van der Waals surface area contributed by atoms with Gasteiger partial charge in [-0.2, -0.15) is 0 Å². The Bertz CT molecular complexity index is 482. The average Bonchev–Trinajstić information content (AvgIpc) is 2.88. The second kappa shape index (κ2) is 6.52. The molecule has 1 unspecified atom stereocenters. The SMILES string of the molecule is Cc1ccccc1C(=O)NC([NH+]1CCCC1)C(Cl)(Cl)Cl. The van der Waals surface area contributed by atoms with Gasteiger partial charge in [-0.15, -0.1) is 0 Å². The summed E-state index contributed by atoms with van der Waals surface area (Å²) in [4.78, 5) is 13.5. The number of carbonyl (C=O) groups excluding carboxylic acids is 1. The third kappa shape index (κ3) is 3.79. The number of halogens is 3. The highest BCUT2D eigenvalue weighted by Gasteiger charge is 2.43. The minimum atomic E-state index is -1.52. The summed E-state index contributed by atoms with van der Waals surface area (Å²) in [6.45, 7) is 3.71. The molecule has 110 valence electrons. The standard InChI is InChI=1S/C14H17Cl3N2O/c1-10-6-2-3-7-11(10)12(20)18-13(14(15,16)17)19-8-4-5-9-19/h2-3,6-7,13H,4-5,8-9H2,1H3,(H,18,20)/p+1. The molecule has 1 aromatic rings.